The Morgan fingerprint density at radius 2 is 2.41 bits per heavy atom. The molecule has 6 nitrogen and oxygen atoms in total. The van der Waals surface area contributed by atoms with Gasteiger partial charge in [0.1, 0.15) is 17.5 Å². The molecule has 1 aliphatic heterocycles. The summed E-state index contributed by atoms with van der Waals surface area (Å²) >= 11 is 0. The van der Waals surface area contributed by atoms with Crippen LogP contribution in [0.2, 0.25) is 0 Å². The van der Waals surface area contributed by atoms with Crippen LogP contribution in [-0.2, 0) is 11.8 Å². The lowest BCUT2D eigenvalue weighted by Gasteiger charge is -2.36. The second-order valence-corrected chi connectivity index (χ2v) is 4.12. The molecule has 1 unspecified atom stereocenters. The zero-order valence-electron chi connectivity index (χ0n) is 10.1. The molecule has 0 bridgehead atoms. The van der Waals surface area contributed by atoms with Crippen LogP contribution in [0.4, 0.5) is 5.82 Å². The Labute approximate surface area is 100 Å². The second-order valence-electron chi connectivity index (χ2n) is 4.12. The molecular weight excluding hydrogens is 220 g/mol. The van der Waals surface area contributed by atoms with Gasteiger partial charge in [0.15, 0.2) is 0 Å². The van der Waals surface area contributed by atoms with Gasteiger partial charge in [-0.05, 0) is 6.92 Å². The lowest BCUT2D eigenvalue weighted by atomic mass is 10.2. The Balaban J connectivity index is 2.41. The Bertz CT molecular complexity index is 449. The summed E-state index contributed by atoms with van der Waals surface area (Å²) in [4.78, 5) is 2.00. The number of aliphatic hydroxyl groups is 1. The first-order chi connectivity index (χ1) is 8.19. The van der Waals surface area contributed by atoms with Crippen molar-refractivity contribution in [1.29, 1.82) is 5.26 Å². The summed E-state index contributed by atoms with van der Waals surface area (Å²) in [6.07, 6.45) is 0. The van der Waals surface area contributed by atoms with Crippen LogP contribution in [0.1, 0.15) is 11.3 Å². The number of rotatable bonds is 2. The molecule has 2 heterocycles. The molecule has 1 fully saturated rings. The number of nitrogens with zero attached hydrogens (tertiary/aromatic N) is 4. The third kappa shape index (κ3) is 1.99. The van der Waals surface area contributed by atoms with E-state index in [9.17, 15) is 10.4 Å². The van der Waals surface area contributed by atoms with Gasteiger partial charge in [0.25, 0.3) is 0 Å². The van der Waals surface area contributed by atoms with Crippen molar-refractivity contribution in [2.75, 3.05) is 31.3 Å². The molecule has 0 aromatic carbocycles. The van der Waals surface area contributed by atoms with Crippen LogP contribution in [0.3, 0.4) is 0 Å². The van der Waals surface area contributed by atoms with Crippen molar-refractivity contribution in [1.82, 2.24) is 9.78 Å². The summed E-state index contributed by atoms with van der Waals surface area (Å²) in [6.45, 7) is 3.57. The van der Waals surface area contributed by atoms with Crippen LogP contribution in [-0.4, -0.2) is 47.3 Å². The van der Waals surface area contributed by atoms with Gasteiger partial charge in [0, 0.05) is 13.6 Å². The third-order valence-electron chi connectivity index (χ3n) is 3.01. The van der Waals surface area contributed by atoms with Gasteiger partial charge in [-0.25, -0.2) is 0 Å². The number of ether oxygens (including phenoxy) is 1. The summed E-state index contributed by atoms with van der Waals surface area (Å²) < 4.78 is 7.03. The molecule has 0 radical (unpaired) electrons. The average molecular weight is 236 g/mol. The van der Waals surface area contributed by atoms with Gasteiger partial charge in [-0.3, -0.25) is 4.68 Å². The van der Waals surface area contributed by atoms with Gasteiger partial charge in [-0.15, -0.1) is 0 Å². The minimum atomic E-state index is -0.106. The van der Waals surface area contributed by atoms with E-state index in [-0.39, 0.29) is 12.6 Å². The first-order valence-electron chi connectivity index (χ1n) is 5.58. The highest BCUT2D eigenvalue weighted by atomic mass is 16.5. The molecule has 1 N–H and O–H groups in total. The fourth-order valence-electron chi connectivity index (χ4n) is 2.19. The number of aryl methyl sites for hydroxylation is 2. The lowest BCUT2D eigenvalue weighted by molar-refractivity contribution is 0.0719. The largest absolute Gasteiger partial charge is 0.394 e. The molecule has 6 heteroatoms. The summed E-state index contributed by atoms with van der Waals surface area (Å²) in [5.74, 6) is 0.771. The Morgan fingerprint density at radius 3 is 3.06 bits per heavy atom. The molecule has 0 amide bonds. The fraction of sp³-hybridized carbons (Fsp3) is 0.636. The van der Waals surface area contributed by atoms with Crippen molar-refractivity contribution in [3.63, 3.8) is 0 Å². The topological polar surface area (TPSA) is 74.3 Å². The zero-order chi connectivity index (χ0) is 12.4. The van der Waals surface area contributed by atoms with E-state index in [1.165, 1.54) is 0 Å². The van der Waals surface area contributed by atoms with E-state index in [1.54, 1.807) is 4.68 Å². The Kier molecular flexibility index (Phi) is 3.31. The van der Waals surface area contributed by atoms with E-state index < -0.39 is 0 Å². The van der Waals surface area contributed by atoms with Crippen LogP contribution in [0, 0.1) is 18.3 Å². The first-order valence-corrected chi connectivity index (χ1v) is 5.58. The number of anilines is 1. The maximum absolute atomic E-state index is 9.35. The minimum absolute atomic E-state index is 0.00902. The molecule has 1 aromatic rings. The molecule has 1 aliphatic rings. The molecule has 0 spiro atoms. The molecule has 0 aliphatic carbocycles. The van der Waals surface area contributed by atoms with Crippen molar-refractivity contribution in [3.05, 3.63) is 11.3 Å². The normalized spacial score (nSPS) is 20.4. The van der Waals surface area contributed by atoms with Crippen LogP contribution in [0.5, 0.6) is 0 Å². The maximum atomic E-state index is 9.35. The van der Waals surface area contributed by atoms with Crippen molar-refractivity contribution >= 4 is 5.82 Å². The molecule has 0 saturated carbocycles. The predicted octanol–water partition coefficient (Wildman–Crippen LogP) is -0.202. The molecule has 1 saturated heterocycles. The highest BCUT2D eigenvalue weighted by Crippen LogP contribution is 2.25. The number of hydrogen-bond acceptors (Lipinski definition) is 5. The number of aromatic nitrogens is 2. The molecule has 2 rings (SSSR count). The molecule has 17 heavy (non-hydrogen) atoms. The first kappa shape index (κ1) is 11.9. The van der Waals surface area contributed by atoms with Gasteiger partial charge >= 0.3 is 0 Å². The Morgan fingerprint density at radius 1 is 1.65 bits per heavy atom. The predicted molar refractivity (Wildman–Crippen MR) is 61.7 cm³/mol. The van der Waals surface area contributed by atoms with Gasteiger partial charge in [0.2, 0.25) is 0 Å². The smallest absolute Gasteiger partial charge is 0.145 e. The molecule has 1 atom stereocenters. The van der Waals surface area contributed by atoms with Crippen LogP contribution >= 0.6 is 0 Å². The number of hydrogen-bond donors (Lipinski definition) is 1. The fourth-order valence-corrected chi connectivity index (χ4v) is 2.19. The van der Waals surface area contributed by atoms with Crippen LogP contribution < -0.4 is 4.90 Å². The second kappa shape index (κ2) is 4.73. The number of morpholine rings is 1. The van der Waals surface area contributed by atoms with Crippen molar-refractivity contribution < 1.29 is 9.84 Å². The Hall–Kier alpha value is -1.58. The molecule has 1 aromatic heterocycles. The summed E-state index contributed by atoms with van der Waals surface area (Å²) in [5, 5.41) is 22.8. The minimum Gasteiger partial charge on any atom is -0.394 e. The standard InChI is InChI=1S/C11H16N4O2/c1-8-10(5-12)11(14(2)13-8)15-3-4-17-7-9(15)6-16/h9,16H,3-4,6-7H2,1-2H3. The summed E-state index contributed by atoms with van der Waals surface area (Å²) in [5.41, 5.74) is 1.29. The van der Waals surface area contributed by atoms with Crippen molar-refractivity contribution in [2.45, 2.75) is 13.0 Å². The maximum Gasteiger partial charge on any atom is 0.145 e. The molecular formula is C11H16N4O2. The summed E-state index contributed by atoms with van der Waals surface area (Å²) in [6, 6.07) is 2.07. The van der Waals surface area contributed by atoms with E-state index in [1.807, 2.05) is 18.9 Å². The van der Waals surface area contributed by atoms with Crippen LogP contribution in [0.25, 0.3) is 0 Å². The van der Waals surface area contributed by atoms with Gasteiger partial charge in [-0.2, -0.15) is 10.4 Å². The number of nitriles is 1. The quantitative estimate of drug-likeness (QED) is 0.769. The van der Waals surface area contributed by atoms with E-state index in [4.69, 9.17) is 4.74 Å². The zero-order valence-corrected chi connectivity index (χ0v) is 10.1. The highest BCUT2D eigenvalue weighted by molar-refractivity contribution is 5.57. The highest BCUT2D eigenvalue weighted by Gasteiger charge is 2.28. The van der Waals surface area contributed by atoms with E-state index in [0.29, 0.717) is 31.0 Å². The van der Waals surface area contributed by atoms with Gasteiger partial charge < -0.3 is 14.7 Å². The van der Waals surface area contributed by atoms with E-state index >= 15 is 0 Å². The van der Waals surface area contributed by atoms with E-state index in [0.717, 1.165) is 5.82 Å². The van der Waals surface area contributed by atoms with Gasteiger partial charge in [-0.1, -0.05) is 0 Å². The van der Waals surface area contributed by atoms with Crippen LogP contribution in [0.15, 0.2) is 0 Å². The van der Waals surface area contributed by atoms with Crippen molar-refractivity contribution in [3.8, 4) is 6.07 Å². The average Bonchev–Trinajstić information content (AvgIpc) is 2.63. The van der Waals surface area contributed by atoms with Crippen molar-refractivity contribution in [2.24, 2.45) is 7.05 Å². The van der Waals surface area contributed by atoms with Gasteiger partial charge in [0.05, 0.1) is 31.6 Å². The third-order valence-corrected chi connectivity index (χ3v) is 3.01. The monoisotopic (exact) mass is 236 g/mol. The number of aliphatic hydroxyl groups excluding tert-OH is 1. The lowest BCUT2D eigenvalue weighted by Crippen LogP contribution is -2.48. The van der Waals surface area contributed by atoms with E-state index in [2.05, 4.69) is 11.2 Å². The SMILES string of the molecule is Cc1nn(C)c(N2CCOCC2CO)c1C#N. The molecule has 92 valence electrons. The summed E-state index contributed by atoms with van der Waals surface area (Å²) in [7, 11) is 1.81.